The monoisotopic (exact) mass is 334 g/mol. The normalized spacial score (nSPS) is 10.4. The van der Waals surface area contributed by atoms with E-state index in [0.29, 0.717) is 11.1 Å². The highest BCUT2D eigenvalue weighted by molar-refractivity contribution is 5.96. The summed E-state index contributed by atoms with van der Waals surface area (Å²) in [5.74, 6) is 0.265. The first-order chi connectivity index (χ1) is 12.1. The van der Waals surface area contributed by atoms with Crippen molar-refractivity contribution < 1.29 is 19.1 Å². The van der Waals surface area contributed by atoms with Gasteiger partial charge in [0.15, 0.2) is 5.78 Å². The van der Waals surface area contributed by atoms with Crippen LogP contribution in [0.25, 0.3) is 10.8 Å². The molecule has 3 aromatic rings. The van der Waals surface area contributed by atoms with Crippen LogP contribution in [-0.2, 0) is 4.74 Å². The minimum Gasteiger partial charge on any atom is -0.490 e. The standard InChI is InChI=1S/C21H18O4/c1-15(22)16-6-8-18(9-7-16)21(23)25-13-12-24-20-11-10-17-4-2-3-5-19(17)14-20/h2-11,14H,12-13H2,1H3. The van der Waals surface area contributed by atoms with Crippen molar-refractivity contribution in [3.63, 3.8) is 0 Å². The summed E-state index contributed by atoms with van der Waals surface area (Å²) in [6.07, 6.45) is 0. The Bertz CT molecular complexity index is 897. The molecule has 0 heterocycles. The Morgan fingerprint density at radius 3 is 2.20 bits per heavy atom. The van der Waals surface area contributed by atoms with Crippen LogP contribution in [0.15, 0.2) is 66.7 Å². The second-order valence-corrected chi connectivity index (χ2v) is 5.63. The summed E-state index contributed by atoms with van der Waals surface area (Å²) in [5.41, 5.74) is 0.979. The van der Waals surface area contributed by atoms with Gasteiger partial charge in [0.1, 0.15) is 19.0 Å². The molecule has 0 aromatic heterocycles. The van der Waals surface area contributed by atoms with Gasteiger partial charge in [0.25, 0.3) is 0 Å². The number of rotatable bonds is 6. The van der Waals surface area contributed by atoms with Crippen molar-refractivity contribution in [2.24, 2.45) is 0 Å². The molecule has 0 fully saturated rings. The zero-order chi connectivity index (χ0) is 17.6. The molecule has 0 atom stereocenters. The van der Waals surface area contributed by atoms with E-state index in [-0.39, 0.29) is 19.0 Å². The lowest BCUT2D eigenvalue weighted by atomic mass is 10.1. The van der Waals surface area contributed by atoms with E-state index in [1.807, 2.05) is 42.5 Å². The maximum atomic E-state index is 11.9. The molecule has 0 aliphatic rings. The highest BCUT2D eigenvalue weighted by atomic mass is 16.6. The van der Waals surface area contributed by atoms with E-state index >= 15 is 0 Å². The van der Waals surface area contributed by atoms with Gasteiger partial charge in [-0.1, -0.05) is 42.5 Å². The van der Waals surface area contributed by atoms with E-state index in [2.05, 4.69) is 0 Å². The first kappa shape index (κ1) is 16.7. The fourth-order valence-corrected chi connectivity index (χ4v) is 2.48. The van der Waals surface area contributed by atoms with Gasteiger partial charge in [-0.2, -0.15) is 0 Å². The second kappa shape index (κ2) is 7.62. The number of ketones is 1. The Kier molecular flexibility index (Phi) is 5.09. The molecule has 0 aliphatic carbocycles. The molecule has 0 aliphatic heterocycles. The van der Waals surface area contributed by atoms with Gasteiger partial charge in [0.2, 0.25) is 0 Å². The molecular formula is C21H18O4. The van der Waals surface area contributed by atoms with Crippen molar-refractivity contribution in [2.75, 3.05) is 13.2 Å². The van der Waals surface area contributed by atoms with Crippen molar-refractivity contribution in [3.05, 3.63) is 77.9 Å². The Morgan fingerprint density at radius 1 is 0.800 bits per heavy atom. The van der Waals surface area contributed by atoms with E-state index in [1.165, 1.54) is 6.92 Å². The summed E-state index contributed by atoms with van der Waals surface area (Å²) in [6, 6.07) is 20.3. The zero-order valence-corrected chi connectivity index (χ0v) is 13.9. The van der Waals surface area contributed by atoms with Crippen LogP contribution in [0.4, 0.5) is 0 Å². The number of ether oxygens (including phenoxy) is 2. The molecule has 4 nitrogen and oxygen atoms in total. The molecule has 0 amide bonds. The quantitative estimate of drug-likeness (QED) is 0.384. The molecule has 25 heavy (non-hydrogen) atoms. The highest BCUT2D eigenvalue weighted by Crippen LogP contribution is 2.20. The number of hydrogen-bond acceptors (Lipinski definition) is 4. The van der Waals surface area contributed by atoms with E-state index in [1.54, 1.807) is 24.3 Å². The van der Waals surface area contributed by atoms with Crippen molar-refractivity contribution in [2.45, 2.75) is 6.92 Å². The molecule has 0 saturated heterocycles. The maximum absolute atomic E-state index is 11.9. The molecule has 0 unspecified atom stereocenters. The molecule has 0 radical (unpaired) electrons. The summed E-state index contributed by atoms with van der Waals surface area (Å²) in [4.78, 5) is 23.2. The fourth-order valence-electron chi connectivity index (χ4n) is 2.48. The predicted octanol–water partition coefficient (Wildman–Crippen LogP) is 4.28. The van der Waals surface area contributed by atoms with Gasteiger partial charge in [-0.25, -0.2) is 4.79 Å². The van der Waals surface area contributed by atoms with Crippen LogP contribution in [0.5, 0.6) is 5.75 Å². The Hall–Kier alpha value is -3.14. The first-order valence-corrected chi connectivity index (χ1v) is 8.03. The average molecular weight is 334 g/mol. The molecule has 3 aromatic carbocycles. The van der Waals surface area contributed by atoms with Gasteiger partial charge < -0.3 is 9.47 Å². The van der Waals surface area contributed by atoms with Crippen LogP contribution in [-0.4, -0.2) is 25.0 Å². The summed E-state index contributed by atoms with van der Waals surface area (Å²) in [5, 5.41) is 2.25. The fraction of sp³-hybridized carbons (Fsp3) is 0.143. The summed E-state index contributed by atoms with van der Waals surface area (Å²) < 4.78 is 10.8. The highest BCUT2D eigenvalue weighted by Gasteiger charge is 2.08. The number of esters is 1. The largest absolute Gasteiger partial charge is 0.490 e. The average Bonchev–Trinajstić information content (AvgIpc) is 2.65. The van der Waals surface area contributed by atoms with Crippen molar-refractivity contribution >= 4 is 22.5 Å². The molecule has 3 rings (SSSR count). The van der Waals surface area contributed by atoms with Crippen LogP contribution in [0.2, 0.25) is 0 Å². The zero-order valence-electron chi connectivity index (χ0n) is 13.9. The van der Waals surface area contributed by atoms with Gasteiger partial charge in [0.05, 0.1) is 5.56 Å². The van der Waals surface area contributed by atoms with Crippen LogP contribution in [0.1, 0.15) is 27.6 Å². The van der Waals surface area contributed by atoms with Crippen LogP contribution in [0.3, 0.4) is 0 Å². The molecule has 0 bridgehead atoms. The molecule has 0 N–H and O–H groups in total. The lowest BCUT2D eigenvalue weighted by Crippen LogP contribution is -2.12. The lowest BCUT2D eigenvalue weighted by molar-refractivity contribution is 0.0450. The molecule has 4 heteroatoms. The van der Waals surface area contributed by atoms with E-state index in [9.17, 15) is 9.59 Å². The number of hydrogen-bond donors (Lipinski definition) is 0. The number of benzene rings is 3. The van der Waals surface area contributed by atoms with Gasteiger partial charge in [-0.05, 0) is 42.0 Å². The molecular weight excluding hydrogens is 316 g/mol. The number of carbonyl (C=O) groups is 2. The van der Waals surface area contributed by atoms with Gasteiger partial charge >= 0.3 is 5.97 Å². The third-order valence-corrected chi connectivity index (χ3v) is 3.83. The van der Waals surface area contributed by atoms with E-state index < -0.39 is 5.97 Å². The Balaban J connectivity index is 1.50. The van der Waals surface area contributed by atoms with Crippen LogP contribution < -0.4 is 4.74 Å². The number of Topliss-reactive ketones (excluding diaryl/α,β-unsaturated/α-hetero) is 1. The van der Waals surface area contributed by atoms with Gasteiger partial charge in [-0.3, -0.25) is 4.79 Å². The molecule has 0 spiro atoms. The summed E-state index contributed by atoms with van der Waals surface area (Å²) in [7, 11) is 0. The number of carbonyl (C=O) groups excluding carboxylic acids is 2. The number of fused-ring (bicyclic) bond motifs is 1. The van der Waals surface area contributed by atoms with Crippen LogP contribution in [0, 0.1) is 0 Å². The minimum atomic E-state index is -0.433. The maximum Gasteiger partial charge on any atom is 0.338 e. The Labute approximate surface area is 146 Å². The predicted molar refractivity (Wildman–Crippen MR) is 96.2 cm³/mol. The Morgan fingerprint density at radius 2 is 1.48 bits per heavy atom. The molecule has 126 valence electrons. The summed E-state index contributed by atoms with van der Waals surface area (Å²) >= 11 is 0. The van der Waals surface area contributed by atoms with E-state index in [0.717, 1.165) is 16.5 Å². The summed E-state index contributed by atoms with van der Waals surface area (Å²) in [6.45, 7) is 1.91. The first-order valence-electron chi connectivity index (χ1n) is 8.03. The lowest BCUT2D eigenvalue weighted by Gasteiger charge is -2.08. The SMILES string of the molecule is CC(=O)c1ccc(C(=O)OCCOc2ccc3ccccc3c2)cc1. The van der Waals surface area contributed by atoms with Crippen molar-refractivity contribution in [3.8, 4) is 5.75 Å². The topological polar surface area (TPSA) is 52.6 Å². The van der Waals surface area contributed by atoms with Gasteiger partial charge in [-0.15, -0.1) is 0 Å². The van der Waals surface area contributed by atoms with E-state index in [4.69, 9.17) is 9.47 Å². The van der Waals surface area contributed by atoms with Crippen LogP contribution >= 0.6 is 0 Å². The second-order valence-electron chi connectivity index (χ2n) is 5.63. The third kappa shape index (κ3) is 4.23. The third-order valence-electron chi connectivity index (χ3n) is 3.83. The molecule has 0 saturated carbocycles. The van der Waals surface area contributed by atoms with Crippen molar-refractivity contribution in [1.82, 2.24) is 0 Å². The van der Waals surface area contributed by atoms with Gasteiger partial charge in [0, 0.05) is 5.56 Å². The van der Waals surface area contributed by atoms with Crippen molar-refractivity contribution in [1.29, 1.82) is 0 Å². The minimum absolute atomic E-state index is 0.0382. The smallest absolute Gasteiger partial charge is 0.338 e.